The average Bonchev–Trinajstić information content (AvgIpc) is 3.14. The summed E-state index contributed by atoms with van der Waals surface area (Å²) in [6, 6.07) is 11.8. The van der Waals surface area contributed by atoms with Gasteiger partial charge < -0.3 is 24.1 Å². The van der Waals surface area contributed by atoms with Gasteiger partial charge in [-0.25, -0.2) is 4.98 Å². The summed E-state index contributed by atoms with van der Waals surface area (Å²) in [6.45, 7) is 11.8. The maximum Gasteiger partial charge on any atom is 0.251 e. The van der Waals surface area contributed by atoms with Crippen molar-refractivity contribution in [3.05, 3.63) is 47.8 Å². The van der Waals surface area contributed by atoms with Crippen molar-refractivity contribution in [1.82, 2.24) is 14.9 Å². The third-order valence-corrected chi connectivity index (χ3v) is 4.99. The second-order valence-corrected chi connectivity index (χ2v) is 7.59. The van der Waals surface area contributed by atoms with Gasteiger partial charge in [-0.15, -0.1) is 0 Å². The normalized spacial score (nSPS) is 11.1. The molecule has 1 amide bonds. The van der Waals surface area contributed by atoms with E-state index in [1.165, 1.54) is 0 Å². The van der Waals surface area contributed by atoms with Crippen molar-refractivity contribution < 1.29 is 19.0 Å². The zero-order valence-corrected chi connectivity index (χ0v) is 19.6. The highest BCUT2D eigenvalue weighted by atomic mass is 16.5. The van der Waals surface area contributed by atoms with Crippen molar-refractivity contribution in [1.29, 1.82) is 0 Å². The van der Waals surface area contributed by atoms with Gasteiger partial charge in [0.1, 0.15) is 5.82 Å². The first kappa shape index (κ1) is 23.4. The van der Waals surface area contributed by atoms with Gasteiger partial charge in [0.2, 0.25) is 5.75 Å². The molecule has 3 aromatic rings. The first-order chi connectivity index (χ1) is 15.5. The van der Waals surface area contributed by atoms with E-state index in [2.05, 4.69) is 29.8 Å². The Hall–Kier alpha value is -3.22. The molecule has 7 heteroatoms. The summed E-state index contributed by atoms with van der Waals surface area (Å²) in [5, 5.41) is 3.00. The first-order valence-corrected chi connectivity index (χ1v) is 11.3. The fourth-order valence-electron chi connectivity index (χ4n) is 3.76. The zero-order chi connectivity index (χ0) is 23.1. The number of para-hydroxylation sites is 2. The third-order valence-electron chi connectivity index (χ3n) is 4.99. The molecule has 1 N–H and O–H groups in total. The molecule has 0 radical (unpaired) electrons. The van der Waals surface area contributed by atoms with Crippen molar-refractivity contribution in [2.75, 3.05) is 26.4 Å². The third kappa shape index (κ3) is 5.15. The lowest BCUT2D eigenvalue weighted by Crippen LogP contribution is -2.26. The number of benzene rings is 2. The fraction of sp³-hybridized carbons (Fsp3) is 0.440. The number of amides is 1. The molecule has 0 aliphatic heterocycles. The van der Waals surface area contributed by atoms with Gasteiger partial charge >= 0.3 is 0 Å². The van der Waals surface area contributed by atoms with Gasteiger partial charge in [-0.1, -0.05) is 12.1 Å². The number of carbonyl (C=O) groups excluding carboxylic acids is 1. The summed E-state index contributed by atoms with van der Waals surface area (Å²) in [5.41, 5.74) is 2.55. The molecule has 1 heterocycles. The minimum Gasteiger partial charge on any atom is -0.490 e. The highest BCUT2D eigenvalue weighted by Gasteiger charge is 2.19. The monoisotopic (exact) mass is 439 g/mol. The van der Waals surface area contributed by atoms with Gasteiger partial charge in [0, 0.05) is 24.6 Å². The van der Waals surface area contributed by atoms with Crippen LogP contribution < -0.4 is 19.5 Å². The molecule has 0 bridgehead atoms. The smallest absolute Gasteiger partial charge is 0.251 e. The Morgan fingerprint density at radius 3 is 2.22 bits per heavy atom. The maximum absolute atomic E-state index is 12.9. The molecule has 7 nitrogen and oxygen atoms in total. The van der Waals surface area contributed by atoms with E-state index in [-0.39, 0.29) is 11.9 Å². The average molecular weight is 440 g/mol. The molecular formula is C25H33N3O4. The van der Waals surface area contributed by atoms with Gasteiger partial charge in [0.15, 0.2) is 11.5 Å². The number of carbonyl (C=O) groups is 1. The lowest BCUT2D eigenvalue weighted by atomic mass is 10.1. The molecule has 172 valence electrons. The Bertz CT molecular complexity index is 1030. The van der Waals surface area contributed by atoms with Gasteiger partial charge in [-0.05, 0) is 58.9 Å². The number of rotatable bonds is 11. The predicted octanol–water partition coefficient (Wildman–Crippen LogP) is 4.79. The van der Waals surface area contributed by atoms with Crippen LogP contribution in [0.5, 0.6) is 17.2 Å². The molecule has 32 heavy (non-hydrogen) atoms. The van der Waals surface area contributed by atoms with Gasteiger partial charge in [0.25, 0.3) is 5.91 Å². The van der Waals surface area contributed by atoms with Crippen LogP contribution in [0.3, 0.4) is 0 Å². The number of fused-ring (bicyclic) bond motifs is 1. The highest BCUT2D eigenvalue weighted by Crippen LogP contribution is 2.39. The van der Waals surface area contributed by atoms with Gasteiger partial charge in [-0.2, -0.15) is 0 Å². The topological polar surface area (TPSA) is 74.6 Å². The van der Waals surface area contributed by atoms with Crippen LogP contribution in [0.25, 0.3) is 11.0 Å². The molecule has 0 aliphatic rings. The van der Waals surface area contributed by atoms with Crippen LogP contribution in [-0.2, 0) is 6.42 Å². The van der Waals surface area contributed by atoms with Crippen LogP contribution in [0.4, 0.5) is 0 Å². The number of nitrogens with zero attached hydrogens (tertiary/aromatic N) is 2. The van der Waals surface area contributed by atoms with E-state index in [0.29, 0.717) is 55.6 Å². The van der Waals surface area contributed by atoms with Crippen molar-refractivity contribution in [3.8, 4) is 17.2 Å². The molecular weight excluding hydrogens is 406 g/mol. The highest BCUT2D eigenvalue weighted by molar-refractivity contribution is 5.95. The SMILES string of the molecule is CCOc1cc(C(=O)NCCc2nc3ccccc3n2C(C)C)cc(OCC)c1OCC. The summed E-state index contributed by atoms with van der Waals surface area (Å²) in [7, 11) is 0. The summed E-state index contributed by atoms with van der Waals surface area (Å²) in [4.78, 5) is 17.7. The molecule has 0 fully saturated rings. The van der Waals surface area contributed by atoms with Gasteiger partial charge in [0.05, 0.1) is 30.9 Å². The number of aromatic nitrogens is 2. The molecule has 0 saturated heterocycles. The Kier molecular flexibility index (Phi) is 7.98. The molecule has 0 aliphatic carbocycles. The molecule has 1 aromatic heterocycles. The Balaban J connectivity index is 1.78. The van der Waals surface area contributed by atoms with E-state index < -0.39 is 0 Å². The lowest BCUT2D eigenvalue weighted by Gasteiger charge is -2.17. The maximum atomic E-state index is 12.9. The van der Waals surface area contributed by atoms with Crippen molar-refractivity contribution in [2.45, 2.75) is 47.1 Å². The molecule has 0 saturated carbocycles. The zero-order valence-electron chi connectivity index (χ0n) is 19.6. The second kappa shape index (κ2) is 10.9. The number of hydrogen-bond donors (Lipinski definition) is 1. The predicted molar refractivity (Wildman–Crippen MR) is 126 cm³/mol. The van der Waals surface area contributed by atoms with E-state index in [1.54, 1.807) is 12.1 Å². The standard InChI is InChI=1S/C25H33N3O4/c1-6-30-21-15-18(16-22(31-7-2)24(21)32-8-3)25(29)26-14-13-23-27-19-11-9-10-12-20(19)28(23)17(4)5/h9-12,15-17H,6-8,13-14H2,1-5H3,(H,26,29). The molecule has 0 unspecified atom stereocenters. The quantitative estimate of drug-likeness (QED) is 0.465. The summed E-state index contributed by atoms with van der Waals surface area (Å²) < 4.78 is 19.4. The van der Waals surface area contributed by atoms with Crippen LogP contribution >= 0.6 is 0 Å². The Morgan fingerprint density at radius 1 is 1.00 bits per heavy atom. The van der Waals surface area contributed by atoms with Crippen LogP contribution in [0.15, 0.2) is 36.4 Å². The number of nitrogens with one attached hydrogen (secondary N) is 1. The van der Waals surface area contributed by atoms with E-state index in [0.717, 1.165) is 16.9 Å². The van der Waals surface area contributed by atoms with Crippen molar-refractivity contribution in [3.63, 3.8) is 0 Å². The summed E-state index contributed by atoms with van der Waals surface area (Å²) in [5.74, 6) is 2.30. The lowest BCUT2D eigenvalue weighted by molar-refractivity contribution is 0.0952. The van der Waals surface area contributed by atoms with Crippen molar-refractivity contribution >= 4 is 16.9 Å². The van der Waals surface area contributed by atoms with E-state index in [1.807, 2.05) is 39.0 Å². The van der Waals surface area contributed by atoms with Crippen LogP contribution in [0.1, 0.15) is 56.8 Å². The Morgan fingerprint density at radius 2 is 1.62 bits per heavy atom. The number of hydrogen-bond acceptors (Lipinski definition) is 5. The second-order valence-electron chi connectivity index (χ2n) is 7.59. The van der Waals surface area contributed by atoms with Crippen LogP contribution in [-0.4, -0.2) is 41.8 Å². The van der Waals surface area contributed by atoms with E-state index in [9.17, 15) is 4.79 Å². The van der Waals surface area contributed by atoms with E-state index in [4.69, 9.17) is 19.2 Å². The fourth-order valence-corrected chi connectivity index (χ4v) is 3.76. The summed E-state index contributed by atoms with van der Waals surface area (Å²) >= 11 is 0. The van der Waals surface area contributed by atoms with Gasteiger partial charge in [-0.3, -0.25) is 4.79 Å². The van der Waals surface area contributed by atoms with E-state index >= 15 is 0 Å². The molecule has 2 aromatic carbocycles. The van der Waals surface area contributed by atoms with Crippen LogP contribution in [0.2, 0.25) is 0 Å². The largest absolute Gasteiger partial charge is 0.490 e. The molecule has 3 rings (SSSR count). The van der Waals surface area contributed by atoms with Crippen LogP contribution in [0, 0.1) is 0 Å². The van der Waals surface area contributed by atoms with Crippen molar-refractivity contribution in [2.24, 2.45) is 0 Å². The minimum atomic E-state index is -0.192. The first-order valence-electron chi connectivity index (χ1n) is 11.3. The summed E-state index contributed by atoms with van der Waals surface area (Å²) in [6.07, 6.45) is 0.631. The minimum absolute atomic E-state index is 0.192. The molecule has 0 spiro atoms. The molecule has 0 atom stereocenters. The number of ether oxygens (including phenoxy) is 3. The Labute approximate surface area is 189 Å². The number of imidazole rings is 1.